The van der Waals surface area contributed by atoms with Crippen molar-refractivity contribution in [2.75, 3.05) is 52.8 Å². The standard InChI is InChI=1S/C24H27N5O3/c1-28-7-9-29(10-8-28)24(30)15-5-4-6-17(11-15)25-23-19-12-16-13-20(31-2)21(32-3)14-18(16)22(19)26-27-23/h4-6,11,13-14H,7-10,12H2,1-3H3,(H2,25,26,27). The Morgan fingerprint density at radius 2 is 1.81 bits per heavy atom. The molecule has 5 rings (SSSR count). The first-order valence-electron chi connectivity index (χ1n) is 10.7. The van der Waals surface area contributed by atoms with Gasteiger partial charge >= 0.3 is 0 Å². The molecule has 0 atom stereocenters. The number of likely N-dealkylation sites (N-methyl/N-ethyl adjacent to an activating group) is 1. The molecular weight excluding hydrogens is 406 g/mol. The number of carbonyl (C=O) groups excluding carboxylic acids is 1. The van der Waals surface area contributed by atoms with Crippen LogP contribution < -0.4 is 14.8 Å². The van der Waals surface area contributed by atoms with Crippen LogP contribution in [-0.2, 0) is 6.42 Å². The van der Waals surface area contributed by atoms with Crippen molar-refractivity contribution in [3.05, 3.63) is 53.1 Å². The van der Waals surface area contributed by atoms with E-state index in [4.69, 9.17) is 9.47 Å². The van der Waals surface area contributed by atoms with Gasteiger partial charge in [-0.1, -0.05) is 6.07 Å². The van der Waals surface area contributed by atoms with Gasteiger partial charge in [-0.15, -0.1) is 0 Å². The Bertz CT molecular complexity index is 1160. The first kappa shape index (κ1) is 20.4. The number of piperazine rings is 1. The van der Waals surface area contributed by atoms with Gasteiger partial charge in [0.1, 0.15) is 5.82 Å². The molecule has 1 aliphatic carbocycles. The van der Waals surface area contributed by atoms with Gasteiger partial charge in [0, 0.05) is 55.0 Å². The normalized spacial score (nSPS) is 15.3. The van der Waals surface area contributed by atoms with E-state index in [9.17, 15) is 4.79 Å². The first-order chi connectivity index (χ1) is 15.6. The molecule has 1 aliphatic heterocycles. The maximum absolute atomic E-state index is 13.0. The fourth-order valence-electron chi connectivity index (χ4n) is 4.41. The minimum Gasteiger partial charge on any atom is -0.493 e. The summed E-state index contributed by atoms with van der Waals surface area (Å²) in [5, 5.41) is 11.1. The summed E-state index contributed by atoms with van der Waals surface area (Å²) in [6.45, 7) is 3.32. The Balaban J connectivity index is 1.37. The molecule has 0 saturated carbocycles. The Morgan fingerprint density at radius 1 is 1.06 bits per heavy atom. The molecule has 0 radical (unpaired) electrons. The number of benzene rings is 2. The minimum absolute atomic E-state index is 0.0724. The van der Waals surface area contributed by atoms with E-state index in [1.807, 2.05) is 41.3 Å². The van der Waals surface area contributed by atoms with Gasteiger partial charge in [-0.3, -0.25) is 9.89 Å². The molecule has 32 heavy (non-hydrogen) atoms. The molecule has 1 saturated heterocycles. The number of amides is 1. The van der Waals surface area contributed by atoms with Crippen LogP contribution in [0.25, 0.3) is 11.3 Å². The van der Waals surface area contributed by atoms with Crippen LogP contribution >= 0.6 is 0 Å². The summed E-state index contributed by atoms with van der Waals surface area (Å²) in [6, 6.07) is 11.6. The fraction of sp³-hybridized carbons (Fsp3) is 0.333. The van der Waals surface area contributed by atoms with Crippen LogP contribution in [0.4, 0.5) is 11.5 Å². The number of aromatic amines is 1. The van der Waals surface area contributed by atoms with Crippen molar-refractivity contribution < 1.29 is 14.3 Å². The van der Waals surface area contributed by atoms with E-state index in [-0.39, 0.29) is 5.91 Å². The zero-order chi connectivity index (χ0) is 22.2. The van der Waals surface area contributed by atoms with Crippen molar-refractivity contribution in [2.45, 2.75) is 6.42 Å². The van der Waals surface area contributed by atoms with Crippen molar-refractivity contribution >= 4 is 17.4 Å². The Hall–Kier alpha value is -3.52. The highest BCUT2D eigenvalue weighted by molar-refractivity contribution is 5.95. The van der Waals surface area contributed by atoms with Gasteiger partial charge in [-0.25, -0.2) is 0 Å². The van der Waals surface area contributed by atoms with Gasteiger partial charge in [0.2, 0.25) is 0 Å². The zero-order valence-corrected chi connectivity index (χ0v) is 18.6. The SMILES string of the molecule is COc1cc2c(cc1OC)-c1n[nH]c(Nc3cccc(C(=O)N4CCN(C)CC4)c3)c1C2. The van der Waals surface area contributed by atoms with Gasteiger partial charge in [-0.05, 0) is 42.9 Å². The van der Waals surface area contributed by atoms with E-state index in [0.717, 1.165) is 66.5 Å². The van der Waals surface area contributed by atoms with Crippen LogP contribution in [0.15, 0.2) is 36.4 Å². The lowest BCUT2D eigenvalue weighted by Crippen LogP contribution is -2.47. The predicted octanol–water partition coefficient (Wildman–Crippen LogP) is 3.13. The number of aromatic nitrogens is 2. The molecule has 1 aromatic heterocycles. The summed E-state index contributed by atoms with van der Waals surface area (Å²) in [5.74, 6) is 2.30. The summed E-state index contributed by atoms with van der Waals surface area (Å²) in [6.07, 6.45) is 0.740. The number of anilines is 2. The highest BCUT2D eigenvalue weighted by Gasteiger charge is 2.27. The van der Waals surface area contributed by atoms with Crippen LogP contribution in [0, 0.1) is 0 Å². The molecule has 3 aromatic rings. The van der Waals surface area contributed by atoms with Gasteiger partial charge in [0.05, 0.1) is 19.9 Å². The molecule has 0 unspecified atom stereocenters. The predicted molar refractivity (Wildman–Crippen MR) is 123 cm³/mol. The molecular formula is C24H27N5O3. The second-order valence-electron chi connectivity index (χ2n) is 8.27. The molecule has 1 fully saturated rings. The number of methoxy groups -OCH3 is 2. The van der Waals surface area contributed by atoms with Crippen molar-refractivity contribution in [1.82, 2.24) is 20.0 Å². The Kier molecular flexibility index (Phi) is 5.22. The van der Waals surface area contributed by atoms with Crippen molar-refractivity contribution in [2.24, 2.45) is 0 Å². The largest absolute Gasteiger partial charge is 0.493 e. The number of carbonyl (C=O) groups is 1. The third-order valence-corrected chi connectivity index (χ3v) is 6.27. The molecule has 166 valence electrons. The van der Waals surface area contributed by atoms with Gasteiger partial charge in [0.25, 0.3) is 5.91 Å². The summed E-state index contributed by atoms with van der Waals surface area (Å²) < 4.78 is 10.9. The van der Waals surface area contributed by atoms with E-state index in [1.165, 1.54) is 0 Å². The molecule has 2 aromatic carbocycles. The van der Waals surface area contributed by atoms with Crippen molar-refractivity contribution in [3.63, 3.8) is 0 Å². The van der Waals surface area contributed by atoms with Crippen LogP contribution in [-0.4, -0.2) is 73.4 Å². The van der Waals surface area contributed by atoms with Gasteiger partial charge < -0.3 is 24.6 Å². The average molecular weight is 434 g/mol. The first-order valence-corrected chi connectivity index (χ1v) is 10.7. The highest BCUT2D eigenvalue weighted by atomic mass is 16.5. The van der Waals surface area contributed by atoms with Crippen LogP contribution in [0.1, 0.15) is 21.5 Å². The van der Waals surface area contributed by atoms with E-state index in [2.05, 4.69) is 27.5 Å². The molecule has 2 heterocycles. The lowest BCUT2D eigenvalue weighted by molar-refractivity contribution is 0.0664. The Labute approximate surface area is 187 Å². The van der Waals surface area contributed by atoms with E-state index >= 15 is 0 Å². The smallest absolute Gasteiger partial charge is 0.254 e. The number of nitrogens with zero attached hydrogens (tertiary/aromatic N) is 3. The number of nitrogens with one attached hydrogen (secondary N) is 2. The maximum atomic E-state index is 13.0. The monoisotopic (exact) mass is 433 g/mol. The molecule has 2 aliphatic rings. The van der Waals surface area contributed by atoms with Crippen molar-refractivity contribution in [1.29, 1.82) is 0 Å². The summed E-state index contributed by atoms with van der Waals surface area (Å²) in [7, 11) is 5.36. The van der Waals surface area contributed by atoms with Crippen LogP contribution in [0.5, 0.6) is 11.5 Å². The van der Waals surface area contributed by atoms with Gasteiger partial charge in [0.15, 0.2) is 11.5 Å². The molecule has 2 N–H and O–H groups in total. The third-order valence-electron chi connectivity index (χ3n) is 6.27. The van der Waals surface area contributed by atoms with Crippen LogP contribution in [0.3, 0.4) is 0 Å². The number of H-pyrrole nitrogens is 1. The van der Waals surface area contributed by atoms with Gasteiger partial charge in [-0.2, -0.15) is 5.10 Å². The van der Waals surface area contributed by atoms with Crippen LogP contribution in [0.2, 0.25) is 0 Å². The number of hydrogen-bond acceptors (Lipinski definition) is 6. The highest BCUT2D eigenvalue weighted by Crippen LogP contribution is 2.44. The second-order valence-corrected chi connectivity index (χ2v) is 8.27. The van der Waals surface area contributed by atoms with E-state index in [1.54, 1.807) is 14.2 Å². The van der Waals surface area contributed by atoms with Crippen molar-refractivity contribution in [3.8, 4) is 22.8 Å². The second kappa shape index (κ2) is 8.20. The molecule has 8 nitrogen and oxygen atoms in total. The number of rotatable bonds is 5. The van der Waals surface area contributed by atoms with E-state index in [0.29, 0.717) is 17.1 Å². The molecule has 8 heteroatoms. The molecule has 0 spiro atoms. The topological polar surface area (TPSA) is 82.7 Å². The number of fused-ring (bicyclic) bond motifs is 3. The fourth-order valence-corrected chi connectivity index (χ4v) is 4.41. The minimum atomic E-state index is 0.0724. The quantitative estimate of drug-likeness (QED) is 0.503. The molecule has 1 amide bonds. The number of ether oxygens (including phenoxy) is 2. The molecule has 0 bridgehead atoms. The number of hydrogen-bond donors (Lipinski definition) is 2. The summed E-state index contributed by atoms with van der Waals surface area (Å²) >= 11 is 0. The lowest BCUT2D eigenvalue weighted by atomic mass is 10.1. The maximum Gasteiger partial charge on any atom is 0.254 e. The lowest BCUT2D eigenvalue weighted by Gasteiger charge is -2.32. The Morgan fingerprint density at radius 3 is 2.56 bits per heavy atom. The third kappa shape index (κ3) is 3.56. The summed E-state index contributed by atoms with van der Waals surface area (Å²) in [4.78, 5) is 17.1. The average Bonchev–Trinajstić information content (AvgIpc) is 3.37. The van der Waals surface area contributed by atoms with E-state index < -0.39 is 0 Å². The summed E-state index contributed by atoms with van der Waals surface area (Å²) in [5.41, 5.74) is 5.73. The zero-order valence-electron chi connectivity index (χ0n) is 18.6.